The van der Waals surface area contributed by atoms with Gasteiger partial charge in [0.05, 0.1) is 18.5 Å². The quantitative estimate of drug-likeness (QED) is 0.870. The number of aromatic nitrogens is 2. The van der Waals surface area contributed by atoms with Crippen LogP contribution in [0.5, 0.6) is 0 Å². The van der Waals surface area contributed by atoms with E-state index in [-0.39, 0.29) is 23.5 Å². The maximum Gasteiger partial charge on any atom is 0.289 e. The molecule has 2 aromatic rings. The average Bonchev–Trinajstić information content (AvgIpc) is 3.30. The highest BCUT2D eigenvalue weighted by Gasteiger charge is 2.42. The van der Waals surface area contributed by atoms with Crippen molar-refractivity contribution in [2.45, 2.75) is 51.4 Å². The van der Waals surface area contributed by atoms with Gasteiger partial charge in [-0.2, -0.15) is 5.10 Å². The third kappa shape index (κ3) is 3.32. The first-order valence-electron chi connectivity index (χ1n) is 9.71. The molecule has 4 rings (SSSR count). The Balaban J connectivity index is 1.47. The lowest BCUT2D eigenvalue weighted by Crippen LogP contribution is -2.50. The lowest BCUT2D eigenvalue weighted by molar-refractivity contribution is -0.0992. The number of piperidine rings is 1. The fraction of sp³-hybridized carbons (Fsp3) is 0.550. The van der Waals surface area contributed by atoms with Crippen LogP contribution in [0.1, 0.15) is 59.0 Å². The van der Waals surface area contributed by atoms with E-state index in [0.29, 0.717) is 37.6 Å². The number of ether oxygens (including phenoxy) is 1. The molecule has 2 amide bonds. The molecule has 28 heavy (non-hydrogen) atoms. The summed E-state index contributed by atoms with van der Waals surface area (Å²) in [6.45, 7) is 5.46. The highest BCUT2D eigenvalue weighted by Crippen LogP contribution is 2.37. The van der Waals surface area contributed by atoms with Crippen molar-refractivity contribution in [1.29, 1.82) is 0 Å². The Kier molecular flexibility index (Phi) is 4.74. The first-order valence-corrected chi connectivity index (χ1v) is 9.71. The molecule has 0 radical (unpaired) electrons. The molecule has 8 nitrogen and oxygen atoms in total. The van der Waals surface area contributed by atoms with Crippen LogP contribution in [0.2, 0.25) is 0 Å². The number of nitrogens with one attached hydrogen (secondary N) is 1. The first-order chi connectivity index (χ1) is 13.4. The van der Waals surface area contributed by atoms with Crippen molar-refractivity contribution in [2.24, 2.45) is 7.05 Å². The lowest BCUT2D eigenvalue weighted by Gasteiger charge is -2.43. The summed E-state index contributed by atoms with van der Waals surface area (Å²) in [4.78, 5) is 26.7. The van der Waals surface area contributed by atoms with Crippen molar-refractivity contribution >= 4 is 11.8 Å². The van der Waals surface area contributed by atoms with Crippen LogP contribution in [-0.2, 0) is 24.8 Å². The maximum absolute atomic E-state index is 12.5. The fourth-order valence-corrected chi connectivity index (χ4v) is 4.06. The van der Waals surface area contributed by atoms with Gasteiger partial charge in [-0.15, -0.1) is 0 Å². The highest BCUT2D eigenvalue weighted by molar-refractivity contribution is 5.94. The monoisotopic (exact) mass is 386 g/mol. The number of aryl methyl sites for hydroxylation is 1. The van der Waals surface area contributed by atoms with E-state index in [2.05, 4.69) is 10.4 Å². The molecular weight excluding hydrogens is 360 g/mol. The van der Waals surface area contributed by atoms with Crippen molar-refractivity contribution in [3.8, 4) is 0 Å². The second-order valence-electron chi connectivity index (χ2n) is 7.94. The molecule has 0 aromatic carbocycles. The molecule has 0 aliphatic carbocycles. The number of hydrogen-bond donors (Lipinski definition) is 1. The summed E-state index contributed by atoms with van der Waals surface area (Å²) >= 11 is 0. The molecule has 1 N–H and O–H groups in total. The molecule has 150 valence electrons. The van der Waals surface area contributed by atoms with E-state index >= 15 is 0 Å². The summed E-state index contributed by atoms with van der Waals surface area (Å²) in [5.74, 6) is 0.130. The number of amides is 2. The van der Waals surface area contributed by atoms with E-state index in [1.165, 1.54) is 6.26 Å². The molecule has 2 aliphatic heterocycles. The van der Waals surface area contributed by atoms with Gasteiger partial charge in [-0.1, -0.05) is 0 Å². The number of hydrogen-bond acceptors (Lipinski definition) is 5. The molecule has 0 saturated carbocycles. The van der Waals surface area contributed by atoms with E-state index < -0.39 is 0 Å². The van der Waals surface area contributed by atoms with Crippen molar-refractivity contribution in [3.63, 3.8) is 0 Å². The lowest BCUT2D eigenvalue weighted by atomic mass is 9.83. The van der Waals surface area contributed by atoms with Crippen LogP contribution in [-0.4, -0.2) is 51.2 Å². The van der Waals surface area contributed by atoms with E-state index in [0.717, 1.165) is 24.1 Å². The minimum atomic E-state index is -0.313. The second kappa shape index (κ2) is 7.09. The van der Waals surface area contributed by atoms with E-state index in [1.54, 1.807) is 16.8 Å². The van der Waals surface area contributed by atoms with Crippen LogP contribution in [0.15, 0.2) is 22.8 Å². The van der Waals surface area contributed by atoms with Gasteiger partial charge in [0.1, 0.15) is 0 Å². The first kappa shape index (κ1) is 18.7. The zero-order chi connectivity index (χ0) is 19.9. The molecule has 8 heteroatoms. The summed E-state index contributed by atoms with van der Waals surface area (Å²) in [5, 5.41) is 7.35. The molecule has 1 fully saturated rings. The summed E-state index contributed by atoms with van der Waals surface area (Å²) in [5.41, 5.74) is 2.06. The normalized spacial score (nSPS) is 18.4. The fourth-order valence-electron chi connectivity index (χ4n) is 4.06. The number of nitrogens with zero attached hydrogens (tertiary/aromatic N) is 3. The Morgan fingerprint density at radius 3 is 2.68 bits per heavy atom. The van der Waals surface area contributed by atoms with Gasteiger partial charge in [0.2, 0.25) is 0 Å². The van der Waals surface area contributed by atoms with Crippen LogP contribution in [0, 0.1) is 0 Å². The number of furan rings is 1. The van der Waals surface area contributed by atoms with E-state index in [4.69, 9.17) is 9.15 Å². The van der Waals surface area contributed by atoms with Crippen molar-refractivity contribution in [3.05, 3.63) is 41.1 Å². The van der Waals surface area contributed by atoms with Gasteiger partial charge < -0.3 is 19.4 Å². The van der Waals surface area contributed by atoms with Crippen LogP contribution in [0.3, 0.4) is 0 Å². The Labute approximate surface area is 163 Å². The Morgan fingerprint density at radius 2 is 2.04 bits per heavy atom. The molecule has 1 saturated heterocycles. The smallest absolute Gasteiger partial charge is 0.289 e. The van der Waals surface area contributed by atoms with Gasteiger partial charge in [-0.25, -0.2) is 0 Å². The number of likely N-dealkylation sites (tertiary alicyclic amines) is 1. The molecule has 0 unspecified atom stereocenters. The third-order valence-electron chi connectivity index (χ3n) is 5.62. The SMILES string of the molecule is CC(C)NC(=O)c1nn(C)c2c1COC1(CCN(C(=O)c3ccco3)CC1)C2. The third-order valence-corrected chi connectivity index (χ3v) is 5.62. The largest absolute Gasteiger partial charge is 0.459 e. The number of carbonyl (C=O) groups excluding carboxylic acids is 2. The second-order valence-corrected chi connectivity index (χ2v) is 7.94. The molecule has 0 bridgehead atoms. The Bertz CT molecular complexity index is 876. The van der Waals surface area contributed by atoms with E-state index in [9.17, 15) is 9.59 Å². The summed E-state index contributed by atoms with van der Waals surface area (Å²) in [7, 11) is 1.87. The molecule has 2 aliphatic rings. The predicted octanol–water partition coefficient (Wildman–Crippen LogP) is 1.90. The highest BCUT2D eigenvalue weighted by atomic mass is 16.5. The van der Waals surface area contributed by atoms with Gasteiger partial charge in [0, 0.05) is 43.9 Å². The van der Waals surface area contributed by atoms with E-state index in [1.807, 2.05) is 25.8 Å². The Hall–Kier alpha value is -2.61. The van der Waals surface area contributed by atoms with Crippen LogP contribution in [0.4, 0.5) is 0 Å². The van der Waals surface area contributed by atoms with Crippen molar-refractivity contribution < 1.29 is 18.7 Å². The van der Waals surface area contributed by atoms with Crippen molar-refractivity contribution in [1.82, 2.24) is 20.0 Å². The maximum atomic E-state index is 12.5. The van der Waals surface area contributed by atoms with Gasteiger partial charge in [-0.3, -0.25) is 14.3 Å². The van der Waals surface area contributed by atoms with Crippen molar-refractivity contribution in [2.75, 3.05) is 13.1 Å². The van der Waals surface area contributed by atoms with Gasteiger partial charge in [-0.05, 0) is 38.8 Å². The average molecular weight is 386 g/mol. The molecule has 0 atom stereocenters. The standard InChI is InChI=1S/C20H26N4O4/c1-13(2)21-18(25)17-14-12-28-20(11-15(14)23(3)22-17)6-8-24(9-7-20)19(26)16-5-4-10-27-16/h4-5,10,13H,6-9,11-12H2,1-3H3,(H,21,25). The van der Waals surface area contributed by atoms with Gasteiger partial charge >= 0.3 is 0 Å². The van der Waals surface area contributed by atoms with Crippen LogP contribution in [0.25, 0.3) is 0 Å². The minimum Gasteiger partial charge on any atom is -0.459 e. The van der Waals surface area contributed by atoms with Crippen LogP contribution < -0.4 is 5.32 Å². The molecule has 1 spiro atoms. The number of rotatable bonds is 3. The zero-order valence-electron chi connectivity index (χ0n) is 16.5. The van der Waals surface area contributed by atoms with Gasteiger partial charge in [0.25, 0.3) is 11.8 Å². The number of fused-ring (bicyclic) bond motifs is 1. The van der Waals surface area contributed by atoms with Crippen LogP contribution >= 0.6 is 0 Å². The summed E-state index contributed by atoms with van der Waals surface area (Å²) < 4.78 is 13.3. The molecule has 4 heterocycles. The van der Waals surface area contributed by atoms with Gasteiger partial charge in [0.15, 0.2) is 11.5 Å². The minimum absolute atomic E-state index is 0.0528. The number of carbonyl (C=O) groups is 2. The summed E-state index contributed by atoms with van der Waals surface area (Å²) in [6, 6.07) is 3.46. The topological polar surface area (TPSA) is 89.6 Å². The predicted molar refractivity (Wildman–Crippen MR) is 101 cm³/mol. The molecular formula is C20H26N4O4. The zero-order valence-corrected chi connectivity index (χ0v) is 16.5. The summed E-state index contributed by atoms with van der Waals surface area (Å²) in [6.07, 6.45) is 3.71. The molecule has 2 aromatic heterocycles. The Morgan fingerprint density at radius 1 is 1.29 bits per heavy atom.